The van der Waals surface area contributed by atoms with Crippen molar-refractivity contribution in [3.05, 3.63) is 58.0 Å². The number of carbonyl (C=O) groups is 1. The van der Waals surface area contributed by atoms with Gasteiger partial charge in [-0.15, -0.1) is 11.3 Å². The molecule has 2 heterocycles. The van der Waals surface area contributed by atoms with Crippen LogP contribution in [-0.2, 0) is 14.8 Å². The number of hydrogen-bond acceptors (Lipinski definition) is 7. The largest absolute Gasteiger partial charge is 0.497 e. The average Bonchev–Trinajstić information content (AvgIpc) is 3.34. The van der Waals surface area contributed by atoms with E-state index in [-0.39, 0.29) is 9.77 Å². The molecular formula is C19H21N3O5S2. The number of nitrogens with zero attached hydrogens (tertiary/aromatic N) is 2. The first kappa shape index (κ1) is 21.0. The molecule has 0 fully saturated rings. The molecule has 10 heteroatoms. The summed E-state index contributed by atoms with van der Waals surface area (Å²) in [6.45, 7) is 3.59. The summed E-state index contributed by atoms with van der Waals surface area (Å²) in [5, 5.41) is 5.92. The maximum atomic E-state index is 12.8. The Kier molecular flexibility index (Phi) is 6.06. The molecule has 0 saturated heterocycles. The Labute approximate surface area is 173 Å². The zero-order chi connectivity index (χ0) is 21.2. The predicted octanol–water partition coefficient (Wildman–Crippen LogP) is 3.08. The van der Waals surface area contributed by atoms with E-state index in [4.69, 9.17) is 4.74 Å². The summed E-state index contributed by atoms with van der Waals surface area (Å²) in [7, 11) is -1.12. The third-order valence-corrected chi connectivity index (χ3v) is 7.06. The van der Waals surface area contributed by atoms with Gasteiger partial charge >= 0.3 is 5.97 Å². The first-order chi connectivity index (χ1) is 13.8. The molecule has 0 aliphatic carbocycles. The number of rotatable bonds is 7. The van der Waals surface area contributed by atoms with Gasteiger partial charge in [0.1, 0.15) is 15.5 Å². The number of esters is 1. The van der Waals surface area contributed by atoms with Crippen molar-refractivity contribution in [2.45, 2.75) is 24.8 Å². The fraction of sp³-hybridized carbons (Fsp3) is 0.263. The number of methoxy groups -OCH3 is 2. The van der Waals surface area contributed by atoms with Crippen molar-refractivity contribution < 1.29 is 22.7 Å². The molecule has 1 aromatic carbocycles. The van der Waals surface area contributed by atoms with Gasteiger partial charge in [0.05, 0.1) is 26.1 Å². The van der Waals surface area contributed by atoms with E-state index in [1.807, 2.05) is 31.2 Å². The molecule has 0 radical (unpaired) electrons. The molecule has 0 unspecified atom stereocenters. The zero-order valence-corrected chi connectivity index (χ0v) is 18.0. The van der Waals surface area contributed by atoms with Crippen LogP contribution in [0.2, 0.25) is 0 Å². The normalized spacial score (nSPS) is 12.6. The van der Waals surface area contributed by atoms with Crippen LogP contribution < -0.4 is 9.46 Å². The monoisotopic (exact) mass is 435 g/mol. The fourth-order valence-electron chi connectivity index (χ4n) is 2.94. The van der Waals surface area contributed by atoms with Crippen molar-refractivity contribution in [1.82, 2.24) is 14.5 Å². The molecule has 2 aromatic heterocycles. The molecule has 154 valence electrons. The minimum absolute atomic E-state index is 0.0397. The van der Waals surface area contributed by atoms with E-state index in [9.17, 15) is 13.2 Å². The second-order valence-corrected chi connectivity index (χ2v) is 8.84. The van der Waals surface area contributed by atoms with Crippen LogP contribution in [0.1, 0.15) is 33.9 Å². The van der Waals surface area contributed by atoms with E-state index in [1.165, 1.54) is 13.2 Å². The third-order valence-electron chi connectivity index (χ3n) is 4.45. The lowest BCUT2D eigenvalue weighted by molar-refractivity contribution is 0.0602. The maximum Gasteiger partial charge on any atom is 0.349 e. The van der Waals surface area contributed by atoms with Gasteiger partial charge in [0.2, 0.25) is 10.0 Å². The van der Waals surface area contributed by atoms with E-state index < -0.39 is 22.0 Å². The van der Waals surface area contributed by atoms with Crippen LogP contribution >= 0.6 is 11.3 Å². The summed E-state index contributed by atoms with van der Waals surface area (Å²) in [5.41, 5.74) is 2.35. The Bertz CT molecular complexity index is 1120. The van der Waals surface area contributed by atoms with Crippen molar-refractivity contribution >= 4 is 27.3 Å². The summed E-state index contributed by atoms with van der Waals surface area (Å²) >= 11 is 1.02. The average molecular weight is 436 g/mol. The molecule has 0 aliphatic rings. The van der Waals surface area contributed by atoms with E-state index >= 15 is 0 Å². The number of thiophene rings is 1. The Morgan fingerprint density at radius 1 is 1.21 bits per heavy atom. The number of benzene rings is 1. The molecule has 8 nitrogen and oxygen atoms in total. The van der Waals surface area contributed by atoms with Crippen molar-refractivity contribution in [3.63, 3.8) is 0 Å². The summed E-state index contributed by atoms with van der Waals surface area (Å²) in [5.74, 6) is 0.0496. The molecule has 0 amide bonds. The molecular weight excluding hydrogens is 414 g/mol. The van der Waals surface area contributed by atoms with E-state index in [2.05, 4.69) is 14.6 Å². The van der Waals surface area contributed by atoms with Gasteiger partial charge in [-0.25, -0.2) is 22.6 Å². The number of aromatic nitrogens is 2. The molecule has 0 saturated carbocycles. The maximum absolute atomic E-state index is 12.8. The lowest BCUT2D eigenvalue weighted by Gasteiger charge is -2.15. The van der Waals surface area contributed by atoms with Crippen molar-refractivity contribution in [2.24, 2.45) is 0 Å². The second kappa shape index (κ2) is 8.36. The van der Waals surface area contributed by atoms with E-state index in [1.54, 1.807) is 30.3 Å². The van der Waals surface area contributed by atoms with Crippen LogP contribution in [0.3, 0.4) is 0 Å². The number of carbonyl (C=O) groups excluding carboxylic acids is 1. The topological polar surface area (TPSA) is 99.5 Å². The highest BCUT2D eigenvalue weighted by Crippen LogP contribution is 2.26. The zero-order valence-electron chi connectivity index (χ0n) is 16.4. The van der Waals surface area contributed by atoms with Crippen molar-refractivity contribution in [2.75, 3.05) is 14.2 Å². The SMILES string of the molecule is COC(=O)c1sccc1S(=O)(=O)N[C@H](C)c1cnn(-c2ccc(OC)cc2)c1C. The number of hydrogen-bond donors (Lipinski definition) is 1. The highest BCUT2D eigenvalue weighted by molar-refractivity contribution is 7.89. The first-order valence-corrected chi connectivity index (χ1v) is 11.0. The van der Waals surface area contributed by atoms with Crippen molar-refractivity contribution in [1.29, 1.82) is 0 Å². The summed E-state index contributed by atoms with van der Waals surface area (Å²) in [4.78, 5) is 11.8. The smallest absolute Gasteiger partial charge is 0.349 e. The highest BCUT2D eigenvalue weighted by Gasteiger charge is 2.27. The Morgan fingerprint density at radius 3 is 2.52 bits per heavy atom. The molecule has 1 atom stereocenters. The molecule has 3 aromatic rings. The standard InChI is InChI=1S/C19H21N3O5S2/c1-12(21-29(24,25)17-9-10-28-18(17)19(23)27-4)16-11-20-22(13(16)2)14-5-7-15(26-3)8-6-14/h5-12,21H,1-4H3/t12-/m1/s1. The highest BCUT2D eigenvalue weighted by atomic mass is 32.2. The van der Waals surface area contributed by atoms with Crippen molar-refractivity contribution in [3.8, 4) is 11.4 Å². The van der Waals surface area contributed by atoms with Gasteiger partial charge in [0.25, 0.3) is 0 Å². The van der Waals surface area contributed by atoms with Gasteiger partial charge < -0.3 is 9.47 Å². The second-order valence-electron chi connectivity index (χ2n) is 6.24. The minimum Gasteiger partial charge on any atom is -0.497 e. The van der Waals surface area contributed by atoms with Crippen LogP contribution in [0.5, 0.6) is 5.75 Å². The Balaban J connectivity index is 1.86. The predicted molar refractivity (Wildman–Crippen MR) is 109 cm³/mol. The van der Waals surface area contributed by atoms with Crippen LogP contribution in [0.25, 0.3) is 5.69 Å². The van der Waals surface area contributed by atoms with E-state index in [0.717, 1.165) is 34.0 Å². The third kappa shape index (κ3) is 4.19. The molecule has 0 aliphatic heterocycles. The van der Waals surface area contributed by atoms with Crippen LogP contribution in [0.15, 0.2) is 46.8 Å². The molecule has 1 N–H and O–H groups in total. The van der Waals surface area contributed by atoms with Gasteiger partial charge in [-0.05, 0) is 49.6 Å². The summed E-state index contributed by atoms with van der Waals surface area (Å²) < 4.78 is 39.8. The van der Waals surface area contributed by atoms with Crippen LogP contribution in [-0.4, -0.2) is 38.4 Å². The van der Waals surface area contributed by atoms with Crippen LogP contribution in [0, 0.1) is 6.92 Å². The quantitative estimate of drug-likeness (QED) is 0.573. The van der Waals surface area contributed by atoms with Gasteiger partial charge in [0.15, 0.2) is 0 Å². The number of sulfonamides is 1. The first-order valence-electron chi connectivity index (χ1n) is 8.65. The van der Waals surface area contributed by atoms with Gasteiger partial charge in [0, 0.05) is 17.3 Å². The van der Waals surface area contributed by atoms with Crippen LogP contribution in [0.4, 0.5) is 0 Å². The minimum atomic E-state index is -3.93. The Hall–Kier alpha value is -2.69. The lowest BCUT2D eigenvalue weighted by atomic mass is 10.1. The molecule has 0 spiro atoms. The van der Waals surface area contributed by atoms with Gasteiger partial charge in [-0.3, -0.25) is 0 Å². The molecule has 29 heavy (non-hydrogen) atoms. The fourth-order valence-corrected chi connectivity index (χ4v) is 5.50. The van der Waals surface area contributed by atoms with E-state index in [0.29, 0.717) is 0 Å². The summed E-state index contributed by atoms with van der Waals surface area (Å²) in [6, 6.07) is 8.22. The lowest BCUT2D eigenvalue weighted by Crippen LogP contribution is -2.28. The number of ether oxygens (including phenoxy) is 2. The Morgan fingerprint density at radius 2 is 1.90 bits per heavy atom. The summed E-state index contributed by atoms with van der Waals surface area (Å²) in [6.07, 6.45) is 1.63. The van der Waals surface area contributed by atoms with Gasteiger partial charge in [-0.1, -0.05) is 0 Å². The number of nitrogens with one attached hydrogen (secondary N) is 1. The molecule has 3 rings (SSSR count). The molecule has 0 bridgehead atoms. The van der Waals surface area contributed by atoms with Gasteiger partial charge in [-0.2, -0.15) is 5.10 Å².